The standard InChI is InChI=1S/C41H49BrFN3O6S/c1-7-51-39(48)27(2)21-28-11-8-13-30(22-28)41(5,17-10-16-40(3,4)26-53(49,50)20-19-47)35-25-46(6)38(45-35)29-12-9-14-31(23-29)52-37-33(43)24-34-32(36(37)42)15-18-44-34/h8-9,11-15,18,22-25,27,44,47H,7,10,16-17,19-21,26H2,1-6H3. The van der Waals surface area contributed by atoms with Crippen molar-refractivity contribution in [2.24, 2.45) is 18.4 Å². The number of ether oxygens (including phenoxy) is 2. The number of esters is 1. The maximum atomic E-state index is 15.1. The predicted molar refractivity (Wildman–Crippen MR) is 210 cm³/mol. The lowest BCUT2D eigenvalue weighted by molar-refractivity contribution is -0.147. The van der Waals surface area contributed by atoms with E-state index in [2.05, 4.69) is 40.0 Å². The molecule has 2 atom stereocenters. The number of aromatic amines is 1. The molecule has 0 aliphatic rings. The minimum absolute atomic E-state index is 0.00975. The van der Waals surface area contributed by atoms with Gasteiger partial charge in [0.2, 0.25) is 0 Å². The van der Waals surface area contributed by atoms with Crippen molar-refractivity contribution in [3.05, 3.63) is 100 Å². The Labute approximate surface area is 320 Å². The fourth-order valence-electron chi connectivity index (χ4n) is 7.01. The molecule has 3 aromatic carbocycles. The van der Waals surface area contributed by atoms with Gasteiger partial charge in [0.1, 0.15) is 11.6 Å². The SMILES string of the molecule is CCOC(=O)C(C)Cc1cccc(C(C)(CCCC(C)(C)CS(=O)(=O)CCO)c2cn(C)c(-c3cccc(Oc4c(F)cc5[nH]ccc5c4Br)c3)n2)c1. The second-order valence-electron chi connectivity index (χ2n) is 14.9. The molecule has 0 saturated heterocycles. The summed E-state index contributed by atoms with van der Waals surface area (Å²) in [7, 11) is -1.46. The van der Waals surface area contributed by atoms with Gasteiger partial charge < -0.3 is 24.1 Å². The molecule has 0 radical (unpaired) electrons. The molecule has 0 saturated carbocycles. The molecule has 2 aromatic heterocycles. The van der Waals surface area contributed by atoms with E-state index in [0.717, 1.165) is 27.8 Å². The highest BCUT2D eigenvalue weighted by Crippen LogP contribution is 2.41. The summed E-state index contributed by atoms with van der Waals surface area (Å²) < 4.78 is 54.2. The van der Waals surface area contributed by atoms with Crippen LogP contribution in [-0.4, -0.2) is 58.7 Å². The molecule has 12 heteroatoms. The van der Waals surface area contributed by atoms with Gasteiger partial charge in [-0.3, -0.25) is 4.79 Å². The number of imidazole rings is 1. The number of H-pyrrole nitrogens is 1. The molecule has 5 aromatic rings. The number of aliphatic hydroxyl groups excluding tert-OH is 1. The maximum absolute atomic E-state index is 15.1. The molecular weight excluding hydrogens is 761 g/mol. The summed E-state index contributed by atoms with van der Waals surface area (Å²) in [6, 6.07) is 18.9. The Balaban J connectivity index is 1.48. The predicted octanol–water partition coefficient (Wildman–Crippen LogP) is 8.91. The van der Waals surface area contributed by atoms with Crippen molar-refractivity contribution in [3.8, 4) is 22.9 Å². The smallest absolute Gasteiger partial charge is 0.308 e. The van der Waals surface area contributed by atoms with Crippen LogP contribution in [0.5, 0.6) is 11.5 Å². The number of hydrogen-bond donors (Lipinski definition) is 2. The highest BCUT2D eigenvalue weighted by Gasteiger charge is 2.34. The molecule has 2 heterocycles. The number of aromatic nitrogens is 3. The number of hydrogen-bond acceptors (Lipinski definition) is 7. The number of carbonyl (C=O) groups is 1. The number of fused-ring (bicyclic) bond motifs is 1. The second-order valence-corrected chi connectivity index (χ2v) is 17.8. The van der Waals surface area contributed by atoms with Crippen molar-refractivity contribution in [1.82, 2.24) is 14.5 Å². The van der Waals surface area contributed by atoms with E-state index in [1.807, 2.05) is 75.0 Å². The first-order chi connectivity index (χ1) is 25.1. The van der Waals surface area contributed by atoms with Crippen LogP contribution in [0, 0.1) is 17.2 Å². The number of rotatable bonds is 17. The molecule has 9 nitrogen and oxygen atoms in total. The Bertz CT molecular complexity index is 2180. The highest BCUT2D eigenvalue weighted by molar-refractivity contribution is 9.10. The van der Waals surface area contributed by atoms with E-state index >= 15 is 4.39 Å². The van der Waals surface area contributed by atoms with Crippen LogP contribution in [0.25, 0.3) is 22.3 Å². The van der Waals surface area contributed by atoms with Crippen molar-refractivity contribution in [2.45, 2.75) is 65.7 Å². The minimum atomic E-state index is -3.40. The number of nitrogens with one attached hydrogen (secondary N) is 1. The van der Waals surface area contributed by atoms with Crippen LogP contribution in [0.3, 0.4) is 0 Å². The first-order valence-corrected chi connectivity index (χ1v) is 20.5. The summed E-state index contributed by atoms with van der Waals surface area (Å²) in [4.78, 5) is 20.7. The lowest BCUT2D eigenvalue weighted by Gasteiger charge is -2.31. The number of halogens is 2. The molecule has 2 N–H and O–H groups in total. The molecule has 5 rings (SSSR count). The zero-order valence-corrected chi connectivity index (χ0v) is 33.6. The molecular formula is C41H49BrFN3O6S. The normalized spacial score (nSPS) is 13.9. The summed E-state index contributed by atoms with van der Waals surface area (Å²) in [6.07, 6.45) is 6.31. The summed E-state index contributed by atoms with van der Waals surface area (Å²) in [5.41, 5.74) is 3.21. The van der Waals surface area contributed by atoms with E-state index in [1.165, 1.54) is 6.07 Å². The number of aliphatic hydroxyl groups is 1. The van der Waals surface area contributed by atoms with Crippen molar-refractivity contribution < 1.29 is 32.2 Å². The van der Waals surface area contributed by atoms with E-state index in [1.54, 1.807) is 19.2 Å². The summed E-state index contributed by atoms with van der Waals surface area (Å²) in [5, 5.41) is 10.1. The fraction of sp³-hybridized carbons (Fsp3) is 0.415. The van der Waals surface area contributed by atoms with Crippen molar-refractivity contribution in [3.63, 3.8) is 0 Å². The van der Waals surface area contributed by atoms with Crippen molar-refractivity contribution >= 4 is 42.6 Å². The number of nitrogens with zero attached hydrogens (tertiary/aromatic N) is 2. The van der Waals surface area contributed by atoms with E-state index in [-0.39, 0.29) is 29.1 Å². The maximum Gasteiger partial charge on any atom is 0.308 e. The molecule has 53 heavy (non-hydrogen) atoms. The van der Waals surface area contributed by atoms with Gasteiger partial charge in [-0.15, -0.1) is 0 Å². The van der Waals surface area contributed by atoms with Gasteiger partial charge in [0.25, 0.3) is 0 Å². The molecule has 2 unspecified atom stereocenters. The van der Waals surface area contributed by atoms with E-state index in [0.29, 0.717) is 53.9 Å². The van der Waals surface area contributed by atoms with Crippen LogP contribution in [0.15, 0.2) is 77.5 Å². The number of sulfone groups is 1. The molecule has 0 bridgehead atoms. The lowest BCUT2D eigenvalue weighted by atomic mass is 9.73. The Kier molecular flexibility index (Phi) is 12.6. The van der Waals surface area contributed by atoms with Gasteiger partial charge in [-0.05, 0) is 83.8 Å². The number of benzene rings is 3. The fourth-order valence-corrected chi connectivity index (χ4v) is 9.38. The molecule has 0 aliphatic heterocycles. The minimum Gasteiger partial charge on any atom is -0.466 e. The van der Waals surface area contributed by atoms with Gasteiger partial charge in [-0.25, -0.2) is 17.8 Å². The Morgan fingerprint density at radius 2 is 1.85 bits per heavy atom. The van der Waals surface area contributed by atoms with Crippen LogP contribution in [-0.2, 0) is 38.3 Å². The zero-order chi connectivity index (χ0) is 38.6. The van der Waals surface area contributed by atoms with Gasteiger partial charge in [0, 0.05) is 47.4 Å². The summed E-state index contributed by atoms with van der Waals surface area (Å²) in [5.74, 6) is -0.0715. The first kappa shape index (κ1) is 40.2. The van der Waals surface area contributed by atoms with Gasteiger partial charge in [-0.1, -0.05) is 63.6 Å². The van der Waals surface area contributed by atoms with E-state index < -0.39 is 33.1 Å². The summed E-state index contributed by atoms with van der Waals surface area (Å²) >= 11 is 3.51. The first-order valence-electron chi connectivity index (χ1n) is 17.9. The lowest BCUT2D eigenvalue weighted by Crippen LogP contribution is -2.29. The van der Waals surface area contributed by atoms with E-state index in [4.69, 9.17) is 14.5 Å². The van der Waals surface area contributed by atoms with Crippen LogP contribution < -0.4 is 4.74 Å². The van der Waals surface area contributed by atoms with Gasteiger partial charge in [0.05, 0.1) is 40.8 Å². The van der Waals surface area contributed by atoms with Crippen LogP contribution in [0.4, 0.5) is 4.39 Å². The van der Waals surface area contributed by atoms with Gasteiger partial charge in [-0.2, -0.15) is 0 Å². The van der Waals surface area contributed by atoms with Crippen LogP contribution >= 0.6 is 15.9 Å². The monoisotopic (exact) mass is 809 g/mol. The Morgan fingerprint density at radius 1 is 1.09 bits per heavy atom. The molecule has 0 spiro atoms. The number of carbonyl (C=O) groups excluding carboxylic acids is 1. The van der Waals surface area contributed by atoms with Crippen molar-refractivity contribution in [2.75, 3.05) is 24.7 Å². The van der Waals surface area contributed by atoms with Gasteiger partial charge in [0.15, 0.2) is 21.4 Å². The second kappa shape index (κ2) is 16.6. The average molecular weight is 811 g/mol. The Hall–Kier alpha value is -4.00. The number of aryl methyl sites for hydroxylation is 1. The molecule has 0 fully saturated rings. The average Bonchev–Trinajstić information content (AvgIpc) is 3.73. The quantitative estimate of drug-likeness (QED) is 0.0900. The van der Waals surface area contributed by atoms with Crippen LogP contribution in [0.2, 0.25) is 0 Å². The summed E-state index contributed by atoms with van der Waals surface area (Å²) in [6.45, 7) is 9.65. The van der Waals surface area contributed by atoms with Crippen molar-refractivity contribution in [1.29, 1.82) is 0 Å². The molecule has 0 aliphatic carbocycles. The molecule has 284 valence electrons. The molecule has 0 amide bonds. The third-order valence-electron chi connectivity index (χ3n) is 9.79. The van der Waals surface area contributed by atoms with E-state index in [9.17, 15) is 18.3 Å². The zero-order valence-electron chi connectivity index (χ0n) is 31.2. The Morgan fingerprint density at radius 3 is 2.58 bits per heavy atom. The van der Waals surface area contributed by atoms with Gasteiger partial charge >= 0.3 is 5.97 Å². The largest absolute Gasteiger partial charge is 0.466 e. The third-order valence-corrected chi connectivity index (χ3v) is 12.6. The van der Waals surface area contributed by atoms with Crippen LogP contribution in [0.1, 0.15) is 70.7 Å². The highest BCUT2D eigenvalue weighted by atomic mass is 79.9. The third kappa shape index (κ3) is 9.57. The topological polar surface area (TPSA) is 124 Å².